The summed E-state index contributed by atoms with van der Waals surface area (Å²) >= 11 is 5.80. The Labute approximate surface area is 108 Å². The summed E-state index contributed by atoms with van der Waals surface area (Å²) in [5.41, 5.74) is 5.36. The van der Waals surface area contributed by atoms with Crippen molar-refractivity contribution in [2.75, 3.05) is 6.54 Å². The van der Waals surface area contributed by atoms with E-state index in [0.29, 0.717) is 30.5 Å². The first-order valence-electron chi connectivity index (χ1n) is 5.28. The molecule has 0 bridgehead atoms. The van der Waals surface area contributed by atoms with Gasteiger partial charge in [-0.3, -0.25) is 0 Å². The Morgan fingerprint density at radius 1 is 1.33 bits per heavy atom. The van der Waals surface area contributed by atoms with Crippen LogP contribution < -0.4 is 10.5 Å². The molecule has 0 radical (unpaired) electrons. The number of aromatic nitrogens is 2. The van der Waals surface area contributed by atoms with Gasteiger partial charge in [0.15, 0.2) is 6.61 Å². The third-order valence-electron chi connectivity index (χ3n) is 2.11. The molecule has 18 heavy (non-hydrogen) atoms. The van der Waals surface area contributed by atoms with Gasteiger partial charge in [0.05, 0.1) is 5.02 Å². The standard InChI is InChI=1S/C11H11ClFN3O2/c12-8-5-7(13)1-2-9(8)17-6-11-16-15-10(18-11)3-4-14/h1-2,5H,3-4,6,14H2. The fraction of sp³-hybridized carbons (Fsp3) is 0.273. The van der Waals surface area contributed by atoms with Crippen molar-refractivity contribution < 1.29 is 13.5 Å². The number of ether oxygens (including phenoxy) is 1. The second-order valence-corrected chi connectivity index (χ2v) is 3.90. The zero-order chi connectivity index (χ0) is 13.0. The Bertz CT molecular complexity index is 533. The van der Waals surface area contributed by atoms with Crippen molar-refractivity contribution in [3.63, 3.8) is 0 Å². The first kappa shape index (κ1) is 12.8. The van der Waals surface area contributed by atoms with E-state index in [-0.39, 0.29) is 11.6 Å². The molecule has 2 rings (SSSR count). The summed E-state index contributed by atoms with van der Waals surface area (Å²) in [5, 5.41) is 7.76. The quantitative estimate of drug-likeness (QED) is 0.899. The van der Waals surface area contributed by atoms with Crippen molar-refractivity contribution in [3.05, 3.63) is 40.8 Å². The van der Waals surface area contributed by atoms with Crippen LogP contribution in [0.25, 0.3) is 0 Å². The molecule has 0 amide bonds. The first-order chi connectivity index (χ1) is 8.69. The predicted octanol–water partition coefficient (Wildman–Crippen LogP) is 1.94. The Morgan fingerprint density at radius 3 is 2.83 bits per heavy atom. The maximum atomic E-state index is 12.8. The van der Waals surface area contributed by atoms with E-state index in [1.165, 1.54) is 18.2 Å². The van der Waals surface area contributed by atoms with Crippen LogP contribution in [0.15, 0.2) is 22.6 Å². The molecule has 0 saturated heterocycles. The zero-order valence-electron chi connectivity index (χ0n) is 9.40. The summed E-state index contributed by atoms with van der Waals surface area (Å²) in [4.78, 5) is 0. The van der Waals surface area contributed by atoms with E-state index in [4.69, 9.17) is 26.5 Å². The smallest absolute Gasteiger partial charge is 0.253 e. The third kappa shape index (κ3) is 3.18. The fourth-order valence-electron chi connectivity index (χ4n) is 1.30. The lowest BCUT2D eigenvalue weighted by Gasteiger charge is -2.04. The van der Waals surface area contributed by atoms with Gasteiger partial charge in [0, 0.05) is 13.0 Å². The van der Waals surface area contributed by atoms with E-state index in [1.807, 2.05) is 0 Å². The lowest BCUT2D eigenvalue weighted by atomic mass is 10.3. The normalized spacial score (nSPS) is 10.6. The van der Waals surface area contributed by atoms with Crippen molar-refractivity contribution in [2.45, 2.75) is 13.0 Å². The summed E-state index contributed by atoms with van der Waals surface area (Å²) in [6.45, 7) is 0.509. The van der Waals surface area contributed by atoms with Crippen molar-refractivity contribution in [1.29, 1.82) is 0 Å². The summed E-state index contributed by atoms with van der Waals surface area (Å²) in [6, 6.07) is 3.87. The summed E-state index contributed by atoms with van der Waals surface area (Å²) < 4.78 is 23.4. The molecule has 0 atom stereocenters. The lowest BCUT2D eigenvalue weighted by molar-refractivity contribution is 0.259. The minimum Gasteiger partial charge on any atom is -0.482 e. The number of benzene rings is 1. The highest BCUT2D eigenvalue weighted by molar-refractivity contribution is 6.32. The molecule has 2 N–H and O–H groups in total. The molecule has 0 aliphatic rings. The van der Waals surface area contributed by atoms with E-state index in [9.17, 15) is 4.39 Å². The topological polar surface area (TPSA) is 74.2 Å². The van der Waals surface area contributed by atoms with E-state index in [1.54, 1.807) is 0 Å². The van der Waals surface area contributed by atoms with Gasteiger partial charge in [-0.25, -0.2) is 4.39 Å². The van der Waals surface area contributed by atoms with Gasteiger partial charge in [-0.15, -0.1) is 10.2 Å². The van der Waals surface area contributed by atoms with E-state index >= 15 is 0 Å². The molecular formula is C11H11ClFN3O2. The molecule has 0 fully saturated rings. The summed E-state index contributed by atoms with van der Waals surface area (Å²) in [5.74, 6) is 0.715. The zero-order valence-corrected chi connectivity index (χ0v) is 10.2. The summed E-state index contributed by atoms with van der Waals surface area (Å²) in [6.07, 6.45) is 0.518. The number of nitrogens with zero attached hydrogens (tertiary/aromatic N) is 2. The number of hydrogen-bond donors (Lipinski definition) is 1. The van der Waals surface area contributed by atoms with Crippen LogP contribution >= 0.6 is 11.6 Å². The largest absolute Gasteiger partial charge is 0.482 e. The first-order valence-corrected chi connectivity index (χ1v) is 5.66. The highest BCUT2D eigenvalue weighted by atomic mass is 35.5. The maximum Gasteiger partial charge on any atom is 0.253 e. The molecule has 5 nitrogen and oxygen atoms in total. The molecule has 1 aromatic heterocycles. The average molecular weight is 272 g/mol. The Hall–Kier alpha value is -1.66. The Morgan fingerprint density at radius 2 is 2.11 bits per heavy atom. The lowest BCUT2D eigenvalue weighted by Crippen LogP contribution is -2.02. The van der Waals surface area contributed by atoms with Crippen LogP contribution in [0.1, 0.15) is 11.8 Å². The highest BCUT2D eigenvalue weighted by Crippen LogP contribution is 2.25. The fourth-order valence-corrected chi connectivity index (χ4v) is 1.52. The molecule has 0 spiro atoms. The maximum absolute atomic E-state index is 12.8. The number of rotatable bonds is 5. The minimum absolute atomic E-state index is 0.0723. The van der Waals surface area contributed by atoms with Gasteiger partial charge in [-0.1, -0.05) is 11.6 Å². The second-order valence-electron chi connectivity index (χ2n) is 3.49. The van der Waals surface area contributed by atoms with Crippen LogP contribution in [0.3, 0.4) is 0 Å². The molecule has 2 aromatic rings. The highest BCUT2D eigenvalue weighted by Gasteiger charge is 2.08. The van der Waals surface area contributed by atoms with Crippen LogP contribution in [-0.4, -0.2) is 16.7 Å². The van der Waals surface area contributed by atoms with Crippen molar-refractivity contribution in [2.24, 2.45) is 5.73 Å². The molecular weight excluding hydrogens is 261 g/mol. The second kappa shape index (κ2) is 5.79. The van der Waals surface area contributed by atoms with Gasteiger partial charge in [0.1, 0.15) is 11.6 Å². The minimum atomic E-state index is -0.421. The van der Waals surface area contributed by atoms with Crippen molar-refractivity contribution in [1.82, 2.24) is 10.2 Å². The Balaban J connectivity index is 1.97. The SMILES string of the molecule is NCCc1nnc(COc2ccc(F)cc2Cl)o1. The molecule has 0 aliphatic heterocycles. The van der Waals surface area contributed by atoms with Gasteiger partial charge in [0.2, 0.25) is 5.89 Å². The average Bonchev–Trinajstić information content (AvgIpc) is 2.76. The van der Waals surface area contributed by atoms with Crippen LogP contribution in [0.2, 0.25) is 5.02 Å². The van der Waals surface area contributed by atoms with Crippen LogP contribution in [0, 0.1) is 5.82 Å². The summed E-state index contributed by atoms with van der Waals surface area (Å²) in [7, 11) is 0. The van der Waals surface area contributed by atoms with Crippen molar-refractivity contribution in [3.8, 4) is 5.75 Å². The third-order valence-corrected chi connectivity index (χ3v) is 2.41. The van der Waals surface area contributed by atoms with Crippen molar-refractivity contribution >= 4 is 11.6 Å². The predicted molar refractivity (Wildman–Crippen MR) is 62.8 cm³/mol. The van der Waals surface area contributed by atoms with E-state index < -0.39 is 5.82 Å². The van der Waals surface area contributed by atoms with Crippen LogP contribution in [-0.2, 0) is 13.0 Å². The van der Waals surface area contributed by atoms with Gasteiger partial charge < -0.3 is 14.9 Å². The molecule has 0 aliphatic carbocycles. The van der Waals surface area contributed by atoms with Crippen LogP contribution in [0.4, 0.5) is 4.39 Å². The van der Waals surface area contributed by atoms with Crippen LogP contribution in [0.5, 0.6) is 5.75 Å². The van der Waals surface area contributed by atoms with E-state index in [0.717, 1.165) is 0 Å². The van der Waals surface area contributed by atoms with Gasteiger partial charge in [0.25, 0.3) is 5.89 Å². The molecule has 96 valence electrons. The molecule has 7 heteroatoms. The monoisotopic (exact) mass is 271 g/mol. The number of halogens is 2. The van der Waals surface area contributed by atoms with Gasteiger partial charge >= 0.3 is 0 Å². The Kier molecular flexibility index (Phi) is 4.11. The molecule has 0 unspecified atom stereocenters. The number of hydrogen-bond acceptors (Lipinski definition) is 5. The van der Waals surface area contributed by atoms with E-state index in [2.05, 4.69) is 10.2 Å². The molecule has 0 saturated carbocycles. The number of nitrogens with two attached hydrogens (primary N) is 1. The van der Waals surface area contributed by atoms with Gasteiger partial charge in [-0.2, -0.15) is 0 Å². The molecule has 1 aromatic carbocycles. The van der Waals surface area contributed by atoms with Gasteiger partial charge in [-0.05, 0) is 18.2 Å². The molecule has 1 heterocycles.